The Morgan fingerprint density at radius 1 is 1.05 bits per heavy atom. The van der Waals surface area contributed by atoms with Gasteiger partial charge < -0.3 is 26.0 Å². The maximum absolute atomic E-state index is 11.8. The number of nitrogens with one attached hydrogen (secondary N) is 1. The summed E-state index contributed by atoms with van der Waals surface area (Å²) >= 11 is 0. The molecule has 5 N–H and O–H groups in total. The van der Waals surface area contributed by atoms with Gasteiger partial charge in [0.15, 0.2) is 12.2 Å². The van der Waals surface area contributed by atoms with E-state index in [1.165, 1.54) is 0 Å². The zero-order valence-corrected chi connectivity index (χ0v) is 16.2. The molecule has 7 nitrogen and oxygen atoms in total. The fourth-order valence-corrected chi connectivity index (χ4v) is 1.77. The number of nitrogens with two attached hydrogens (primary N) is 1. The van der Waals surface area contributed by atoms with Crippen molar-refractivity contribution < 1.29 is 54.1 Å². The second kappa shape index (κ2) is 12.3. The molecule has 22 heavy (non-hydrogen) atoms. The van der Waals surface area contributed by atoms with E-state index in [1.807, 2.05) is 27.7 Å². The molecular weight excluding hydrogens is 299 g/mol. The van der Waals surface area contributed by atoms with Gasteiger partial charge in [0.25, 0.3) is 5.91 Å². The van der Waals surface area contributed by atoms with Gasteiger partial charge in [0.2, 0.25) is 5.91 Å². The molecule has 0 rings (SSSR count). The Morgan fingerprint density at radius 3 is 2.00 bits per heavy atom. The van der Waals surface area contributed by atoms with E-state index in [9.17, 15) is 19.8 Å². The van der Waals surface area contributed by atoms with E-state index in [0.29, 0.717) is 31.5 Å². The molecular formula is C14H28N2NaO5+. The molecule has 124 valence electrons. The van der Waals surface area contributed by atoms with Crippen LogP contribution in [0.5, 0.6) is 0 Å². The van der Waals surface area contributed by atoms with Gasteiger partial charge in [-0.2, -0.15) is 0 Å². The predicted molar refractivity (Wildman–Crippen MR) is 78.3 cm³/mol. The smallest absolute Gasteiger partial charge is 0.380 e. The van der Waals surface area contributed by atoms with Crippen molar-refractivity contribution in [2.75, 3.05) is 13.2 Å². The van der Waals surface area contributed by atoms with Gasteiger partial charge in [-0.25, -0.2) is 0 Å². The van der Waals surface area contributed by atoms with Crippen molar-refractivity contribution in [1.82, 2.24) is 5.32 Å². The van der Waals surface area contributed by atoms with Crippen molar-refractivity contribution in [3.8, 4) is 0 Å². The summed E-state index contributed by atoms with van der Waals surface area (Å²) in [5.74, 6) is -1.28. The van der Waals surface area contributed by atoms with Gasteiger partial charge >= 0.3 is 29.6 Å². The zero-order chi connectivity index (χ0) is 16.6. The fraction of sp³-hybridized carbons (Fsp3) is 0.857. The van der Waals surface area contributed by atoms with E-state index >= 15 is 0 Å². The summed E-state index contributed by atoms with van der Waals surface area (Å²) in [6.07, 6.45) is -3.13. The summed E-state index contributed by atoms with van der Waals surface area (Å²) in [6, 6.07) is -0.300. The number of aliphatic hydroxyl groups is 2. The molecule has 0 aliphatic heterocycles. The van der Waals surface area contributed by atoms with Crippen molar-refractivity contribution in [2.24, 2.45) is 17.6 Å². The average molecular weight is 327 g/mol. The number of carbonyl (C=O) groups excluding carboxylic acids is 2. The number of hydrogen-bond donors (Lipinski definition) is 4. The summed E-state index contributed by atoms with van der Waals surface area (Å²) in [7, 11) is 0. The minimum atomic E-state index is -1.92. The molecule has 8 heteroatoms. The molecule has 0 radical (unpaired) electrons. The molecule has 3 atom stereocenters. The average Bonchev–Trinajstić information content (AvgIpc) is 2.35. The van der Waals surface area contributed by atoms with Gasteiger partial charge in [-0.3, -0.25) is 9.59 Å². The van der Waals surface area contributed by atoms with Gasteiger partial charge in [-0.1, -0.05) is 27.7 Å². The summed E-state index contributed by atoms with van der Waals surface area (Å²) in [4.78, 5) is 22.6. The number of hydrogen-bond acceptors (Lipinski definition) is 5. The van der Waals surface area contributed by atoms with Crippen molar-refractivity contribution in [2.45, 2.75) is 52.4 Å². The first-order chi connectivity index (χ1) is 9.65. The van der Waals surface area contributed by atoms with Gasteiger partial charge in [0.05, 0.1) is 12.6 Å². The monoisotopic (exact) mass is 327 g/mol. The van der Waals surface area contributed by atoms with Crippen molar-refractivity contribution in [1.29, 1.82) is 0 Å². The Labute approximate surface area is 154 Å². The number of amides is 2. The number of carbonyl (C=O) groups is 2. The van der Waals surface area contributed by atoms with E-state index in [4.69, 9.17) is 10.5 Å². The summed E-state index contributed by atoms with van der Waals surface area (Å²) in [6.45, 7) is 8.90. The van der Waals surface area contributed by atoms with E-state index in [1.54, 1.807) is 0 Å². The Hall–Kier alpha value is -0.180. The molecule has 0 aromatic rings. The molecule has 0 aliphatic carbocycles. The summed E-state index contributed by atoms with van der Waals surface area (Å²) in [5.41, 5.74) is 4.85. The normalized spacial score (nSPS) is 15.1. The first-order valence-electron chi connectivity index (χ1n) is 7.18. The fourth-order valence-electron chi connectivity index (χ4n) is 1.77. The number of rotatable bonds is 10. The predicted octanol–water partition coefficient (Wildman–Crippen LogP) is -3.60. The van der Waals surface area contributed by atoms with Crippen LogP contribution in [-0.4, -0.2) is 53.5 Å². The van der Waals surface area contributed by atoms with Crippen LogP contribution in [0.2, 0.25) is 0 Å². The number of aliphatic hydroxyl groups excluding tert-OH is 2. The Morgan fingerprint density at radius 2 is 1.59 bits per heavy atom. The third-order valence-electron chi connectivity index (χ3n) is 2.73. The molecule has 0 aromatic carbocycles. The van der Waals surface area contributed by atoms with E-state index in [0.717, 1.165) is 0 Å². The van der Waals surface area contributed by atoms with Crippen LogP contribution in [0.1, 0.15) is 34.1 Å². The van der Waals surface area contributed by atoms with Crippen molar-refractivity contribution >= 4 is 11.8 Å². The van der Waals surface area contributed by atoms with Crippen molar-refractivity contribution in [3.05, 3.63) is 0 Å². The van der Waals surface area contributed by atoms with Gasteiger partial charge in [-0.15, -0.1) is 0 Å². The maximum atomic E-state index is 11.8. The molecule has 0 unspecified atom stereocenters. The molecule has 0 saturated heterocycles. The topological polar surface area (TPSA) is 122 Å². The molecule has 2 amide bonds. The van der Waals surface area contributed by atoms with Crippen LogP contribution in [-0.2, 0) is 14.3 Å². The summed E-state index contributed by atoms with van der Waals surface area (Å²) < 4.78 is 5.50. The molecule has 0 bridgehead atoms. The second-order valence-corrected chi connectivity index (χ2v) is 6.06. The third kappa shape index (κ3) is 10.5. The minimum absolute atomic E-state index is 0. The van der Waals surface area contributed by atoms with Gasteiger partial charge in [0.1, 0.15) is 0 Å². The zero-order valence-electron chi connectivity index (χ0n) is 14.2. The SMILES string of the molecule is CC(C)COC[C@H](CC(C)C)NC(=O)[C@H](O)[C@H](O)C(N)=O.[Na+]. The van der Waals surface area contributed by atoms with Crippen LogP contribution in [0.3, 0.4) is 0 Å². The quantitative estimate of drug-likeness (QED) is 0.309. The van der Waals surface area contributed by atoms with Crippen molar-refractivity contribution in [3.63, 3.8) is 0 Å². The Bertz CT molecular complexity index is 339. The maximum Gasteiger partial charge on any atom is 1.00 e. The minimum Gasteiger partial charge on any atom is -0.380 e. The van der Waals surface area contributed by atoms with E-state index in [-0.39, 0.29) is 35.6 Å². The van der Waals surface area contributed by atoms with Crippen LogP contribution < -0.4 is 40.6 Å². The third-order valence-corrected chi connectivity index (χ3v) is 2.73. The number of primary amides is 1. The first kappa shape index (κ1) is 24.1. The van der Waals surface area contributed by atoms with Crippen LogP contribution in [0.15, 0.2) is 0 Å². The van der Waals surface area contributed by atoms with E-state index in [2.05, 4.69) is 5.32 Å². The van der Waals surface area contributed by atoms with Crippen LogP contribution in [0.4, 0.5) is 0 Å². The Balaban J connectivity index is 0. The van der Waals surface area contributed by atoms with Crippen LogP contribution >= 0.6 is 0 Å². The Kier molecular flexibility index (Phi) is 13.4. The first-order valence-corrected chi connectivity index (χ1v) is 7.18. The van der Waals surface area contributed by atoms with Gasteiger partial charge in [-0.05, 0) is 18.3 Å². The standard InChI is InChI=1S/C14H28N2O5.Na/c1-8(2)5-10(7-21-6-9(3)4)16-14(20)12(18)11(17)13(15)19;/h8-12,17-18H,5-7H2,1-4H3,(H2,15,19)(H,16,20);/q;+1/t10-,11-,12+;/m0./s1. The largest absolute Gasteiger partial charge is 1.00 e. The second-order valence-electron chi connectivity index (χ2n) is 6.06. The summed E-state index contributed by atoms with van der Waals surface area (Å²) in [5, 5.41) is 21.4. The van der Waals surface area contributed by atoms with E-state index < -0.39 is 24.0 Å². The van der Waals surface area contributed by atoms with Crippen LogP contribution in [0.25, 0.3) is 0 Å². The molecule has 0 heterocycles. The molecule has 0 aromatic heterocycles. The number of ether oxygens (including phenoxy) is 1. The molecule has 0 fully saturated rings. The van der Waals surface area contributed by atoms with Crippen LogP contribution in [0, 0.1) is 11.8 Å². The molecule has 0 aliphatic rings. The molecule has 0 spiro atoms. The molecule has 0 saturated carbocycles. The van der Waals surface area contributed by atoms with Gasteiger partial charge in [0, 0.05) is 6.61 Å².